The Hall–Kier alpha value is -3.27. The molecule has 0 aliphatic rings. The monoisotopic (exact) mass is 505 g/mol. The number of nitrogens with one attached hydrogen (secondary N) is 1. The Morgan fingerprint density at radius 3 is 2.29 bits per heavy atom. The lowest BCUT2D eigenvalue weighted by Crippen LogP contribution is -2.53. The minimum Gasteiger partial charge on any atom is -0.497 e. The zero-order valence-electron chi connectivity index (χ0n) is 21.1. The predicted molar refractivity (Wildman–Crippen MR) is 136 cm³/mol. The molecule has 2 amide bonds. The number of amides is 2. The summed E-state index contributed by atoms with van der Waals surface area (Å²) in [5.41, 5.74) is 0.989. The third-order valence-corrected chi connectivity index (χ3v) is 6.46. The quantitative estimate of drug-likeness (QED) is 0.476. The number of sulfonamides is 1. The first-order chi connectivity index (χ1) is 16.5. The van der Waals surface area contributed by atoms with E-state index in [1.54, 1.807) is 49.6 Å². The van der Waals surface area contributed by atoms with Crippen LogP contribution in [-0.4, -0.2) is 64.2 Å². The van der Waals surface area contributed by atoms with Gasteiger partial charge in [-0.3, -0.25) is 13.9 Å². The van der Waals surface area contributed by atoms with Gasteiger partial charge in [0.2, 0.25) is 21.8 Å². The normalized spacial score (nSPS) is 12.1. The molecule has 0 spiro atoms. The Kier molecular flexibility index (Phi) is 9.94. The van der Waals surface area contributed by atoms with Crippen molar-refractivity contribution in [3.05, 3.63) is 54.1 Å². The number of rotatable bonds is 12. The summed E-state index contributed by atoms with van der Waals surface area (Å²) in [7, 11) is -0.873. The van der Waals surface area contributed by atoms with E-state index in [1.165, 1.54) is 12.0 Å². The molecule has 0 radical (unpaired) electrons. The fourth-order valence-corrected chi connectivity index (χ4v) is 4.55. The van der Waals surface area contributed by atoms with Gasteiger partial charge < -0.3 is 19.7 Å². The molecule has 0 bridgehead atoms. The lowest BCUT2D eigenvalue weighted by Gasteiger charge is -2.33. The van der Waals surface area contributed by atoms with Crippen LogP contribution in [0.4, 0.5) is 5.69 Å². The van der Waals surface area contributed by atoms with E-state index in [1.807, 2.05) is 26.8 Å². The standard InChI is InChI=1S/C25H35N3O6S/c1-7-21(25(30)26-18(2)3)27(16-19-11-10-12-20(15-19)33-4)24(29)17-28(35(6,31)32)22-13-8-9-14-23(22)34-5/h8-15,18,21H,7,16-17H2,1-6H3,(H,26,30)/t21-/m1/s1. The van der Waals surface area contributed by atoms with Crippen LogP contribution in [0.5, 0.6) is 11.5 Å². The van der Waals surface area contributed by atoms with E-state index in [0.717, 1.165) is 16.1 Å². The zero-order valence-corrected chi connectivity index (χ0v) is 22.0. The minimum absolute atomic E-state index is 0.101. The summed E-state index contributed by atoms with van der Waals surface area (Å²) in [5, 5.41) is 2.86. The van der Waals surface area contributed by atoms with E-state index in [9.17, 15) is 18.0 Å². The van der Waals surface area contributed by atoms with Gasteiger partial charge >= 0.3 is 0 Å². The first-order valence-electron chi connectivity index (χ1n) is 11.3. The van der Waals surface area contributed by atoms with E-state index in [2.05, 4.69) is 5.32 Å². The SMILES string of the molecule is CC[C@H](C(=O)NC(C)C)N(Cc1cccc(OC)c1)C(=O)CN(c1ccccc1OC)S(C)(=O)=O. The lowest BCUT2D eigenvalue weighted by atomic mass is 10.1. The average Bonchev–Trinajstić information content (AvgIpc) is 2.81. The number of hydrogen-bond acceptors (Lipinski definition) is 6. The second kappa shape index (κ2) is 12.4. The molecule has 0 aliphatic carbocycles. The van der Waals surface area contributed by atoms with Gasteiger partial charge in [0.1, 0.15) is 24.1 Å². The van der Waals surface area contributed by atoms with Gasteiger partial charge in [0, 0.05) is 12.6 Å². The summed E-state index contributed by atoms with van der Waals surface area (Å²) in [6.45, 7) is 5.10. The van der Waals surface area contributed by atoms with Crippen molar-refractivity contribution in [2.24, 2.45) is 0 Å². The summed E-state index contributed by atoms with van der Waals surface area (Å²) in [5.74, 6) is 0.105. The number of para-hydroxylation sites is 2. The van der Waals surface area contributed by atoms with Crippen LogP contribution in [-0.2, 0) is 26.2 Å². The molecular weight excluding hydrogens is 470 g/mol. The van der Waals surface area contributed by atoms with Crippen LogP contribution in [0.1, 0.15) is 32.8 Å². The molecule has 1 atom stereocenters. The fraction of sp³-hybridized carbons (Fsp3) is 0.440. The van der Waals surface area contributed by atoms with Crippen LogP contribution in [0.25, 0.3) is 0 Å². The highest BCUT2D eigenvalue weighted by molar-refractivity contribution is 7.92. The average molecular weight is 506 g/mol. The lowest BCUT2D eigenvalue weighted by molar-refractivity contribution is -0.140. The molecule has 2 rings (SSSR count). The van der Waals surface area contributed by atoms with Crippen LogP contribution in [0.3, 0.4) is 0 Å². The van der Waals surface area contributed by atoms with E-state index in [-0.39, 0.29) is 24.2 Å². The summed E-state index contributed by atoms with van der Waals surface area (Å²) < 4.78 is 37.1. The van der Waals surface area contributed by atoms with Gasteiger partial charge in [0.05, 0.1) is 26.2 Å². The first-order valence-corrected chi connectivity index (χ1v) is 13.2. The van der Waals surface area contributed by atoms with Crippen molar-refractivity contribution in [1.82, 2.24) is 10.2 Å². The highest BCUT2D eigenvalue weighted by Gasteiger charge is 2.32. The van der Waals surface area contributed by atoms with E-state index in [0.29, 0.717) is 17.9 Å². The Balaban J connectivity index is 2.49. The third-order valence-electron chi connectivity index (χ3n) is 5.34. The van der Waals surface area contributed by atoms with Crippen molar-refractivity contribution < 1.29 is 27.5 Å². The zero-order chi connectivity index (χ0) is 26.2. The van der Waals surface area contributed by atoms with Crippen molar-refractivity contribution in [3.8, 4) is 11.5 Å². The van der Waals surface area contributed by atoms with Crippen LogP contribution in [0, 0.1) is 0 Å². The maximum atomic E-state index is 13.7. The van der Waals surface area contributed by atoms with Crippen molar-refractivity contribution in [3.63, 3.8) is 0 Å². The molecule has 192 valence electrons. The maximum absolute atomic E-state index is 13.7. The fourth-order valence-electron chi connectivity index (χ4n) is 3.70. The van der Waals surface area contributed by atoms with Crippen molar-refractivity contribution in [2.75, 3.05) is 31.3 Å². The number of anilines is 1. The molecule has 0 fully saturated rings. The minimum atomic E-state index is -3.85. The summed E-state index contributed by atoms with van der Waals surface area (Å²) in [6, 6.07) is 12.8. The van der Waals surface area contributed by atoms with Gasteiger partial charge in [-0.15, -0.1) is 0 Å². The van der Waals surface area contributed by atoms with Crippen molar-refractivity contribution in [2.45, 2.75) is 45.8 Å². The predicted octanol–water partition coefficient (Wildman–Crippen LogP) is 2.80. The molecule has 35 heavy (non-hydrogen) atoms. The Morgan fingerprint density at radius 2 is 1.71 bits per heavy atom. The number of carbonyl (C=O) groups is 2. The number of methoxy groups -OCH3 is 2. The summed E-state index contributed by atoms with van der Waals surface area (Å²) in [6.07, 6.45) is 1.38. The van der Waals surface area contributed by atoms with Crippen LogP contribution in [0.2, 0.25) is 0 Å². The molecule has 0 heterocycles. The third kappa shape index (κ3) is 7.61. The van der Waals surface area contributed by atoms with Gasteiger partial charge in [-0.05, 0) is 50.1 Å². The molecule has 1 N–H and O–H groups in total. The Labute approximate surface area is 208 Å². The number of benzene rings is 2. The molecule has 0 aliphatic heterocycles. The number of ether oxygens (including phenoxy) is 2. The molecule has 2 aromatic rings. The largest absolute Gasteiger partial charge is 0.497 e. The number of carbonyl (C=O) groups excluding carboxylic acids is 2. The molecule has 0 saturated heterocycles. The Morgan fingerprint density at radius 1 is 1.03 bits per heavy atom. The molecule has 9 nitrogen and oxygen atoms in total. The van der Waals surface area contributed by atoms with E-state index in [4.69, 9.17) is 9.47 Å². The van der Waals surface area contributed by atoms with Crippen molar-refractivity contribution in [1.29, 1.82) is 0 Å². The molecule has 0 aromatic heterocycles. The molecule has 10 heteroatoms. The van der Waals surface area contributed by atoms with Gasteiger partial charge in [0.15, 0.2) is 0 Å². The van der Waals surface area contributed by atoms with Crippen LogP contribution in [0.15, 0.2) is 48.5 Å². The van der Waals surface area contributed by atoms with Crippen LogP contribution < -0.4 is 19.1 Å². The van der Waals surface area contributed by atoms with Crippen LogP contribution >= 0.6 is 0 Å². The molecule has 0 saturated carbocycles. The first kappa shape index (κ1) is 28.0. The molecular formula is C25H35N3O6S. The summed E-state index contributed by atoms with van der Waals surface area (Å²) in [4.78, 5) is 28.1. The van der Waals surface area contributed by atoms with Gasteiger partial charge in [-0.2, -0.15) is 0 Å². The van der Waals surface area contributed by atoms with E-state index >= 15 is 0 Å². The summed E-state index contributed by atoms with van der Waals surface area (Å²) >= 11 is 0. The molecule has 0 unspecified atom stereocenters. The van der Waals surface area contributed by atoms with Gasteiger partial charge in [-0.25, -0.2) is 8.42 Å². The number of nitrogens with zero attached hydrogens (tertiary/aromatic N) is 2. The van der Waals surface area contributed by atoms with Crippen molar-refractivity contribution >= 4 is 27.5 Å². The highest BCUT2D eigenvalue weighted by atomic mass is 32.2. The van der Waals surface area contributed by atoms with E-state index < -0.39 is 28.5 Å². The number of hydrogen-bond donors (Lipinski definition) is 1. The highest BCUT2D eigenvalue weighted by Crippen LogP contribution is 2.30. The second-order valence-electron chi connectivity index (χ2n) is 8.40. The Bertz CT molecular complexity index is 1120. The maximum Gasteiger partial charge on any atom is 0.244 e. The van der Waals surface area contributed by atoms with Gasteiger partial charge in [0.25, 0.3) is 0 Å². The topological polar surface area (TPSA) is 105 Å². The second-order valence-corrected chi connectivity index (χ2v) is 10.3. The van der Waals surface area contributed by atoms with Gasteiger partial charge in [-0.1, -0.05) is 31.2 Å². The molecule has 2 aromatic carbocycles. The smallest absolute Gasteiger partial charge is 0.244 e.